The molecule has 0 bridgehead atoms. The summed E-state index contributed by atoms with van der Waals surface area (Å²) >= 11 is 0. The number of rotatable bonds is 4. The summed E-state index contributed by atoms with van der Waals surface area (Å²) in [5.41, 5.74) is 6.05. The maximum Gasteiger partial charge on any atom is 0.150 e. The molecule has 74 valence electrons. The van der Waals surface area contributed by atoms with Crippen LogP contribution in [0.3, 0.4) is 0 Å². The Balaban J connectivity index is 2.81. The predicted octanol–water partition coefficient (Wildman–Crippen LogP) is 1.34. The van der Waals surface area contributed by atoms with Gasteiger partial charge in [0.1, 0.15) is 12.2 Å². The predicted molar refractivity (Wildman–Crippen MR) is 52.1 cm³/mol. The standard InChI is InChI=1S/C9H18N4/c1-4-7(3)8(10)9-12-11-6-13(9)5-2/h6-8H,4-5,10H2,1-3H3/t7?,8-/m0/s1. The van der Waals surface area contributed by atoms with Gasteiger partial charge in [-0.05, 0) is 12.8 Å². The average Bonchev–Trinajstić information content (AvgIpc) is 2.62. The molecule has 1 aromatic heterocycles. The lowest BCUT2D eigenvalue weighted by atomic mass is 9.99. The van der Waals surface area contributed by atoms with Crippen LogP contribution in [0, 0.1) is 5.92 Å². The maximum absolute atomic E-state index is 6.05. The lowest BCUT2D eigenvalue weighted by molar-refractivity contribution is 0.424. The highest BCUT2D eigenvalue weighted by Gasteiger charge is 2.18. The van der Waals surface area contributed by atoms with Crippen LogP contribution in [0.25, 0.3) is 0 Å². The summed E-state index contributed by atoms with van der Waals surface area (Å²) in [7, 11) is 0. The smallest absolute Gasteiger partial charge is 0.150 e. The van der Waals surface area contributed by atoms with Crippen LogP contribution in [0.5, 0.6) is 0 Å². The number of hydrogen-bond acceptors (Lipinski definition) is 3. The van der Waals surface area contributed by atoms with Crippen LogP contribution in [0.1, 0.15) is 39.1 Å². The minimum atomic E-state index is 0.00690. The van der Waals surface area contributed by atoms with Gasteiger partial charge in [0.15, 0.2) is 0 Å². The maximum atomic E-state index is 6.05. The second kappa shape index (κ2) is 4.37. The molecule has 0 aliphatic heterocycles. The fraction of sp³-hybridized carbons (Fsp3) is 0.778. The highest BCUT2D eigenvalue weighted by molar-refractivity contribution is 4.95. The number of aryl methyl sites for hydroxylation is 1. The highest BCUT2D eigenvalue weighted by Crippen LogP contribution is 2.19. The molecule has 0 aromatic carbocycles. The fourth-order valence-corrected chi connectivity index (χ4v) is 1.27. The van der Waals surface area contributed by atoms with Crippen molar-refractivity contribution in [3.8, 4) is 0 Å². The van der Waals surface area contributed by atoms with Crippen LogP contribution < -0.4 is 5.73 Å². The van der Waals surface area contributed by atoms with Crippen molar-refractivity contribution >= 4 is 0 Å². The summed E-state index contributed by atoms with van der Waals surface area (Å²) in [6.45, 7) is 7.22. The van der Waals surface area contributed by atoms with Crippen LogP contribution >= 0.6 is 0 Å². The van der Waals surface area contributed by atoms with Gasteiger partial charge in [-0.3, -0.25) is 0 Å². The van der Waals surface area contributed by atoms with Gasteiger partial charge in [0.25, 0.3) is 0 Å². The number of hydrogen-bond donors (Lipinski definition) is 1. The van der Waals surface area contributed by atoms with Crippen molar-refractivity contribution in [3.63, 3.8) is 0 Å². The summed E-state index contributed by atoms with van der Waals surface area (Å²) in [5.74, 6) is 1.35. The van der Waals surface area contributed by atoms with Gasteiger partial charge in [0.2, 0.25) is 0 Å². The number of nitrogens with two attached hydrogens (primary N) is 1. The van der Waals surface area contributed by atoms with E-state index in [2.05, 4.69) is 31.0 Å². The molecule has 0 fully saturated rings. The van der Waals surface area contributed by atoms with Crippen molar-refractivity contribution in [2.24, 2.45) is 11.7 Å². The first-order chi connectivity index (χ1) is 6.20. The summed E-state index contributed by atoms with van der Waals surface area (Å²) < 4.78 is 2.00. The molecule has 4 heteroatoms. The highest BCUT2D eigenvalue weighted by atomic mass is 15.3. The van der Waals surface area contributed by atoms with Crippen LogP contribution in [0.2, 0.25) is 0 Å². The lowest BCUT2D eigenvalue weighted by Crippen LogP contribution is -2.22. The molecular weight excluding hydrogens is 164 g/mol. The third kappa shape index (κ3) is 2.06. The van der Waals surface area contributed by atoms with Gasteiger partial charge in [-0.15, -0.1) is 10.2 Å². The normalized spacial score (nSPS) is 15.7. The Hall–Kier alpha value is -0.900. The largest absolute Gasteiger partial charge is 0.321 e. The van der Waals surface area contributed by atoms with Gasteiger partial charge >= 0.3 is 0 Å². The molecule has 0 radical (unpaired) electrons. The molecule has 1 rings (SSSR count). The zero-order chi connectivity index (χ0) is 9.84. The molecule has 0 aliphatic carbocycles. The minimum absolute atomic E-state index is 0.00690. The van der Waals surface area contributed by atoms with E-state index < -0.39 is 0 Å². The van der Waals surface area contributed by atoms with Crippen molar-refractivity contribution < 1.29 is 0 Å². The molecule has 2 atom stereocenters. The molecule has 2 N–H and O–H groups in total. The van der Waals surface area contributed by atoms with Crippen molar-refractivity contribution in [2.75, 3.05) is 0 Å². The molecule has 0 aliphatic rings. The Kier molecular flexibility index (Phi) is 3.42. The van der Waals surface area contributed by atoms with Gasteiger partial charge < -0.3 is 10.3 Å². The molecule has 13 heavy (non-hydrogen) atoms. The molecular formula is C9H18N4. The van der Waals surface area contributed by atoms with Crippen molar-refractivity contribution in [1.29, 1.82) is 0 Å². The van der Waals surface area contributed by atoms with Crippen LogP contribution in [-0.2, 0) is 6.54 Å². The first kappa shape index (κ1) is 10.2. The SMILES string of the molecule is CCC(C)[C@H](N)c1nncn1CC. The van der Waals surface area contributed by atoms with E-state index in [1.54, 1.807) is 6.33 Å². The number of nitrogens with zero attached hydrogens (tertiary/aromatic N) is 3. The Morgan fingerprint density at radius 1 is 1.54 bits per heavy atom. The van der Waals surface area contributed by atoms with Crippen molar-refractivity contribution in [1.82, 2.24) is 14.8 Å². The molecule has 1 aromatic rings. The van der Waals surface area contributed by atoms with E-state index >= 15 is 0 Å². The van der Waals surface area contributed by atoms with Crippen molar-refractivity contribution in [2.45, 2.75) is 39.8 Å². The summed E-state index contributed by atoms with van der Waals surface area (Å²) in [6.07, 6.45) is 2.80. The first-order valence-electron chi connectivity index (χ1n) is 4.83. The third-order valence-electron chi connectivity index (χ3n) is 2.54. The Bertz CT molecular complexity index is 256. The summed E-state index contributed by atoms with van der Waals surface area (Å²) in [6, 6.07) is 0.00690. The van der Waals surface area contributed by atoms with Crippen LogP contribution in [-0.4, -0.2) is 14.8 Å². The van der Waals surface area contributed by atoms with E-state index in [4.69, 9.17) is 5.73 Å². The van der Waals surface area contributed by atoms with E-state index in [-0.39, 0.29) is 6.04 Å². The fourth-order valence-electron chi connectivity index (χ4n) is 1.27. The van der Waals surface area contributed by atoms with E-state index in [0.717, 1.165) is 18.8 Å². The summed E-state index contributed by atoms with van der Waals surface area (Å²) in [4.78, 5) is 0. The van der Waals surface area contributed by atoms with Gasteiger partial charge in [-0.1, -0.05) is 20.3 Å². The first-order valence-corrected chi connectivity index (χ1v) is 4.83. The Morgan fingerprint density at radius 2 is 2.23 bits per heavy atom. The van der Waals surface area contributed by atoms with Crippen LogP contribution in [0.4, 0.5) is 0 Å². The van der Waals surface area contributed by atoms with Gasteiger partial charge in [0, 0.05) is 6.54 Å². The van der Waals surface area contributed by atoms with Gasteiger partial charge in [-0.2, -0.15) is 0 Å². The van der Waals surface area contributed by atoms with Crippen molar-refractivity contribution in [3.05, 3.63) is 12.2 Å². The second-order valence-corrected chi connectivity index (χ2v) is 3.39. The zero-order valence-electron chi connectivity index (χ0n) is 8.57. The molecule has 0 amide bonds. The Morgan fingerprint density at radius 3 is 2.77 bits per heavy atom. The lowest BCUT2D eigenvalue weighted by Gasteiger charge is -2.17. The van der Waals surface area contributed by atoms with Gasteiger partial charge in [0.05, 0.1) is 6.04 Å². The molecule has 1 unspecified atom stereocenters. The van der Waals surface area contributed by atoms with E-state index in [0.29, 0.717) is 5.92 Å². The molecule has 0 spiro atoms. The average molecular weight is 182 g/mol. The van der Waals surface area contributed by atoms with E-state index in [1.165, 1.54) is 0 Å². The molecule has 0 saturated heterocycles. The second-order valence-electron chi connectivity index (χ2n) is 3.39. The topological polar surface area (TPSA) is 56.7 Å². The molecule has 1 heterocycles. The number of aromatic nitrogens is 3. The van der Waals surface area contributed by atoms with Gasteiger partial charge in [-0.25, -0.2) is 0 Å². The zero-order valence-corrected chi connectivity index (χ0v) is 8.57. The van der Waals surface area contributed by atoms with E-state index in [9.17, 15) is 0 Å². The monoisotopic (exact) mass is 182 g/mol. The Labute approximate surface area is 79.2 Å². The third-order valence-corrected chi connectivity index (χ3v) is 2.54. The molecule has 4 nitrogen and oxygen atoms in total. The quantitative estimate of drug-likeness (QED) is 0.764. The van der Waals surface area contributed by atoms with Crippen LogP contribution in [0.15, 0.2) is 6.33 Å². The van der Waals surface area contributed by atoms with E-state index in [1.807, 2.05) is 4.57 Å². The molecule has 0 saturated carbocycles. The minimum Gasteiger partial charge on any atom is -0.321 e. The summed E-state index contributed by atoms with van der Waals surface area (Å²) in [5, 5.41) is 7.91.